The van der Waals surface area contributed by atoms with Crippen molar-refractivity contribution >= 4 is 26.9 Å². The van der Waals surface area contributed by atoms with E-state index in [2.05, 4.69) is 15.7 Å². The van der Waals surface area contributed by atoms with Crippen LogP contribution in [-0.2, 0) is 9.84 Å². The van der Waals surface area contributed by atoms with Gasteiger partial charge in [-0.25, -0.2) is 28.3 Å². The molecule has 1 unspecified atom stereocenters. The Morgan fingerprint density at radius 3 is 2.48 bits per heavy atom. The highest BCUT2D eigenvalue weighted by Gasteiger charge is 2.12. The van der Waals surface area contributed by atoms with Crippen molar-refractivity contribution in [2.24, 2.45) is 0 Å². The number of para-hydroxylation sites is 2. The average molecular weight is 358 g/mol. The highest BCUT2D eigenvalue weighted by molar-refractivity contribution is 7.90. The number of nitrogens with one attached hydrogen (secondary N) is 2. The van der Waals surface area contributed by atoms with Gasteiger partial charge in [-0.3, -0.25) is 0 Å². The van der Waals surface area contributed by atoms with Crippen molar-refractivity contribution in [2.45, 2.75) is 17.9 Å². The van der Waals surface area contributed by atoms with Crippen LogP contribution in [0.4, 0.5) is 4.79 Å². The Balaban J connectivity index is 1.68. The molecule has 8 heteroatoms. The Bertz CT molecular complexity index is 1010. The molecule has 0 aliphatic heterocycles. The van der Waals surface area contributed by atoms with Crippen molar-refractivity contribution < 1.29 is 13.2 Å². The standard InChI is InChI=1S/C17H18N4O3S/c1-12(13-7-9-14(10-8-13)25(2,23)24)19-17(22)20-21-11-18-15-5-3-4-6-16(15)21/h3-12H,1-2H3,(H2,19,20,22). The molecule has 7 nitrogen and oxygen atoms in total. The first kappa shape index (κ1) is 17.0. The maximum Gasteiger partial charge on any atom is 0.334 e. The maximum absolute atomic E-state index is 12.2. The largest absolute Gasteiger partial charge is 0.334 e. The Kier molecular flexibility index (Phi) is 4.45. The van der Waals surface area contributed by atoms with Crippen molar-refractivity contribution in [3.8, 4) is 0 Å². The van der Waals surface area contributed by atoms with Crippen molar-refractivity contribution in [2.75, 3.05) is 11.7 Å². The molecule has 0 aliphatic carbocycles. The molecule has 2 N–H and O–H groups in total. The number of carbonyl (C=O) groups excluding carboxylic acids is 1. The Hall–Kier alpha value is -2.87. The van der Waals surface area contributed by atoms with Gasteiger partial charge >= 0.3 is 6.03 Å². The molecule has 0 saturated carbocycles. The number of hydrogen-bond acceptors (Lipinski definition) is 4. The Labute approximate surface area is 145 Å². The van der Waals surface area contributed by atoms with Crippen molar-refractivity contribution in [3.05, 3.63) is 60.4 Å². The molecule has 130 valence electrons. The van der Waals surface area contributed by atoms with Gasteiger partial charge in [0.2, 0.25) is 0 Å². The molecule has 2 aromatic carbocycles. The van der Waals surface area contributed by atoms with Gasteiger partial charge in [-0.15, -0.1) is 0 Å². The SMILES string of the molecule is CC(NC(=O)Nn1cnc2ccccc21)c1ccc(S(C)(=O)=O)cc1. The Morgan fingerprint density at radius 1 is 1.12 bits per heavy atom. The van der Waals surface area contributed by atoms with E-state index in [0.717, 1.165) is 22.9 Å². The van der Waals surface area contributed by atoms with Gasteiger partial charge in [0, 0.05) is 6.26 Å². The lowest BCUT2D eigenvalue weighted by molar-refractivity contribution is 0.247. The molecule has 3 aromatic rings. The van der Waals surface area contributed by atoms with E-state index in [4.69, 9.17) is 0 Å². The van der Waals surface area contributed by atoms with Crippen molar-refractivity contribution in [1.82, 2.24) is 15.0 Å². The number of rotatable bonds is 4. The first-order chi connectivity index (χ1) is 11.8. The predicted octanol–water partition coefficient (Wildman–Crippen LogP) is 2.45. The summed E-state index contributed by atoms with van der Waals surface area (Å²) in [6.45, 7) is 1.82. The van der Waals surface area contributed by atoms with Crippen LogP contribution in [0.2, 0.25) is 0 Å². The second-order valence-corrected chi connectivity index (χ2v) is 7.77. The van der Waals surface area contributed by atoms with Gasteiger partial charge in [-0.2, -0.15) is 0 Å². The molecule has 1 heterocycles. The summed E-state index contributed by atoms with van der Waals surface area (Å²) in [6.07, 6.45) is 2.70. The van der Waals surface area contributed by atoms with Gasteiger partial charge in [0.1, 0.15) is 6.33 Å². The zero-order valence-corrected chi connectivity index (χ0v) is 14.6. The molecule has 1 aromatic heterocycles. The number of sulfone groups is 1. The highest BCUT2D eigenvalue weighted by Crippen LogP contribution is 2.16. The molecular weight excluding hydrogens is 340 g/mol. The number of nitrogens with zero attached hydrogens (tertiary/aromatic N) is 2. The van der Waals surface area contributed by atoms with Gasteiger partial charge in [-0.05, 0) is 36.8 Å². The third-order valence-electron chi connectivity index (χ3n) is 3.83. The number of fused-ring (bicyclic) bond motifs is 1. The van der Waals surface area contributed by atoms with Gasteiger partial charge in [-0.1, -0.05) is 24.3 Å². The van der Waals surface area contributed by atoms with Crippen LogP contribution >= 0.6 is 0 Å². The number of urea groups is 1. The van der Waals surface area contributed by atoms with Crippen LogP contribution in [-0.4, -0.2) is 30.4 Å². The van der Waals surface area contributed by atoms with Gasteiger partial charge in [0.15, 0.2) is 9.84 Å². The minimum atomic E-state index is -3.23. The minimum Gasteiger partial charge on any atom is -0.330 e. The summed E-state index contributed by atoms with van der Waals surface area (Å²) in [7, 11) is -3.23. The van der Waals surface area contributed by atoms with Crippen LogP contribution in [0.3, 0.4) is 0 Å². The first-order valence-electron chi connectivity index (χ1n) is 7.64. The van der Waals surface area contributed by atoms with Crippen molar-refractivity contribution in [1.29, 1.82) is 0 Å². The smallest absolute Gasteiger partial charge is 0.330 e. The molecule has 0 aliphatic rings. The predicted molar refractivity (Wildman–Crippen MR) is 95.6 cm³/mol. The summed E-state index contributed by atoms with van der Waals surface area (Å²) in [5.41, 5.74) is 5.09. The molecule has 2 amide bonds. The third-order valence-corrected chi connectivity index (χ3v) is 4.96. The monoisotopic (exact) mass is 358 g/mol. The van der Waals surface area contributed by atoms with Crippen LogP contribution in [0.25, 0.3) is 11.0 Å². The summed E-state index contributed by atoms with van der Waals surface area (Å²) >= 11 is 0. The zero-order valence-electron chi connectivity index (χ0n) is 13.8. The fraction of sp³-hybridized carbons (Fsp3) is 0.176. The number of hydrogen-bond donors (Lipinski definition) is 2. The quantitative estimate of drug-likeness (QED) is 0.749. The van der Waals surface area contributed by atoms with Crippen LogP contribution in [0, 0.1) is 0 Å². The third kappa shape index (κ3) is 3.80. The molecule has 0 radical (unpaired) electrons. The number of benzene rings is 2. The topological polar surface area (TPSA) is 93.1 Å². The van der Waals surface area contributed by atoms with Gasteiger partial charge in [0.25, 0.3) is 0 Å². The average Bonchev–Trinajstić information content (AvgIpc) is 2.97. The normalized spacial score (nSPS) is 12.7. The second kappa shape index (κ2) is 6.56. The Morgan fingerprint density at radius 2 is 1.80 bits per heavy atom. The van der Waals surface area contributed by atoms with E-state index in [1.165, 1.54) is 18.5 Å². The maximum atomic E-state index is 12.2. The fourth-order valence-corrected chi connectivity index (χ4v) is 3.10. The summed E-state index contributed by atoms with van der Waals surface area (Å²) < 4.78 is 24.5. The molecule has 0 bridgehead atoms. The molecule has 3 rings (SSSR count). The minimum absolute atomic E-state index is 0.248. The summed E-state index contributed by atoms with van der Waals surface area (Å²) in [5, 5.41) is 2.81. The number of amides is 2. The van der Waals surface area contributed by atoms with E-state index < -0.39 is 9.84 Å². The number of carbonyl (C=O) groups is 1. The highest BCUT2D eigenvalue weighted by atomic mass is 32.2. The van der Waals surface area contributed by atoms with E-state index >= 15 is 0 Å². The van der Waals surface area contributed by atoms with Gasteiger partial charge in [0.05, 0.1) is 22.0 Å². The summed E-state index contributed by atoms with van der Waals surface area (Å²) in [6, 6.07) is 13.2. The first-order valence-corrected chi connectivity index (χ1v) is 9.53. The van der Waals surface area contributed by atoms with E-state index in [-0.39, 0.29) is 17.0 Å². The van der Waals surface area contributed by atoms with Gasteiger partial charge < -0.3 is 5.32 Å². The summed E-state index contributed by atoms with van der Waals surface area (Å²) in [5.74, 6) is 0. The van der Waals surface area contributed by atoms with Crippen LogP contribution in [0.1, 0.15) is 18.5 Å². The lowest BCUT2D eigenvalue weighted by Crippen LogP contribution is -2.35. The summed E-state index contributed by atoms with van der Waals surface area (Å²) in [4.78, 5) is 16.7. The lowest BCUT2D eigenvalue weighted by atomic mass is 10.1. The lowest BCUT2D eigenvalue weighted by Gasteiger charge is -2.16. The van der Waals surface area contributed by atoms with E-state index in [1.54, 1.807) is 16.8 Å². The van der Waals surface area contributed by atoms with E-state index in [9.17, 15) is 13.2 Å². The van der Waals surface area contributed by atoms with E-state index in [0.29, 0.717) is 0 Å². The second-order valence-electron chi connectivity index (χ2n) is 5.75. The fourth-order valence-electron chi connectivity index (χ4n) is 2.47. The number of aromatic nitrogens is 2. The molecule has 0 saturated heterocycles. The zero-order chi connectivity index (χ0) is 18.0. The van der Waals surface area contributed by atoms with E-state index in [1.807, 2.05) is 31.2 Å². The molecule has 1 atom stereocenters. The van der Waals surface area contributed by atoms with Crippen molar-refractivity contribution in [3.63, 3.8) is 0 Å². The molecule has 25 heavy (non-hydrogen) atoms. The van der Waals surface area contributed by atoms with Crippen LogP contribution in [0.5, 0.6) is 0 Å². The van der Waals surface area contributed by atoms with Crippen LogP contribution in [0.15, 0.2) is 59.8 Å². The molecule has 0 fully saturated rings. The number of imidazole rings is 1. The molecule has 0 spiro atoms. The molecular formula is C17H18N4O3S. The van der Waals surface area contributed by atoms with Crippen LogP contribution < -0.4 is 10.7 Å².